The third kappa shape index (κ3) is 8.46. The summed E-state index contributed by atoms with van der Waals surface area (Å²) in [5.74, 6) is 0.414. The molecule has 0 aliphatic carbocycles. The van der Waals surface area contributed by atoms with Crippen molar-refractivity contribution < 1.29 is 19.1 Å². The van der Waals surface area contributed by atoms with E-state index in [4.69, 9.17) is 44.3 Å². The maximum absolute atomic E-state index is 12.1. The van der Waals surface area contributed by atoms with E-state index in [1.165, 1.54) is 5.54 Å². The number of carbonyl (C=O) groups excluding carboxylic acids is 2. The molecule has 33 heavy (non-hydrogen) atoms. The van der Waals surface area contributed by atoms with Gasteiger partial charge in [0, 0.05) is 11.1 Å². The average molecular weight is 514 g/mol. The molecule has 0 fully saturated rings. The number of hydrogen-bond donors (Lipinski definition) is 2. The zero-order chi connectivity index (χ0) is 24.5. The van der Waals surface area contributed by atoms with E-state index in [1.54, 1.807) is 36.4 Å². The van der Waals surface area contributed by atoms with Crippen LogP contribution < -0.4 is 10.6 Å². The number of amides is 2. The predicted molar refractivity (Wildman–Crippen MR) is 135 cm³/mol. The molecule has 2 rings (SSSR count). The van der Waals surface area contributed by atoms with Crippen molar-refractivity contribution in [2.24, 2.45) is 11.8 Å². The Balaban J connectivity index is 2.26. The van der Waals surface area contributed by atoms with Gasteiger partial charge in [-0.25, -0.2) is 9.59 Å². The lowest BCUT2D eigenvalue weighted by molar-refractivity contribution is 0.147. The van der Waals surface area contributed by atoms with E-state index in [0.717, 1.165) is 0 Å². The van der Waals surface area contributed by atoms with Crippen LogP contribution in [0.2, 0.25) is 10.0 Å². The number of rotatable bonds is 8. The monoisotopic (exact) mass is 512 g/mol. The Morgan fingerprint density at radius 1 is 0.818 bits per heavy atom. The summed E-state index contributed by atoms with van der Waals surface area (Å²) >= 11 is 18.7. The summed E-state index contributed by atoms with van der Waals surface area (Å²) in [5.41, 5.74) is 4.15. The van der Waals surface area contributed by atoms with Crippen LogP contribution in [-0.4, -0.2) is 25.4 Å². The lowest BCUT2D eigenvalue weighted by Gasteiger charge is -2.15. The van der Waals surface area contributed by atoms with Gasteiger partial charge in [0.2, 0.25) is 0 Å². The standard InChI is InChI=1S/C24H27Cl3N2O4/c1-14(2)12-32-23(30)28-21-9-16(5-7-19(21)26)18(11-25)17-6-8-20(27)22(10-17)29-24(31)33-13-15(3)4/h5-11,14-15H,12-13H2,1-4H3,(H,28,30)(H,29,31). The Bertz CT molecular complexity index is 945. The second kappa shape index (κ2) is 12.7. The minimum absolute atomic E-state index is 0.207. The molecule has 2 amide bonds. The Morgan fingerprint density at radius 3 is 1.55 bits per heavy atom. The fourth-order valence-electron chi connectivity index (χ4n) is 2.65. The van der Waals surface area contributed by atoms with E-state index in [0.29, 0.717) is 38.1 Å². The van der Waals surface area contributed by atoms with Crippen molar-refractivity contribution in [3.8, 4) is 0 Å². The molecule has 0 radical (unpaired) electrons. The van der Waals surface area contributed by atoms with Crippen LogP contribution in [0.1, 0.15) is 38.8 Å². The van der Waals surface area contributed by atoms with E-state index < -0.39 is 12.2 Å². The fourth-order valence-corrected chi connectivity index (χ4v) is 3.23. The molecule has 0 aromatic heterocycles. The molecular weight excluding hydrogens is 487 g/mol. The molecule has 0 saturated carbocycles. The van der Waals surface area contributed by atoms with Gasteiger partial charge in [-0.2, -0.15) is 0 Å². The van der Waals surface area contributed by atoms with Gasteiger partial charge >= 0.3 is 12.2 Å². The molecule has 6 nitrogen and oxygen atoms in total. The minimum Gasteiger partial charge on any atom is -0.449 e. The Hall–Kier alpha value is -2.41. The molecule has 0 atom stereocenters. The Kier molecular flexibility index (Phi) is 10.4. The van der Waals surface area contributed by atoms with Crippen LogP contribution in [0, 0.1) is 11.8 Å². The first-order valence-corrected chi connectivity index (χ1v) is 11.6. The third-order valence-electron chi connectivity index (χ3n) is 4.23. The Labute approximate surface area is 209 Å². The molecule has 2 aromatic rings. The second-order valence-electron chi connectivity index (χ2n) is 8.15. The number of benzene rings is 2. The van der Waals surface area contributed by atoms with Gasteiger partial charge in [-0.05, 0) is 47.2 Å². The third-order valence-corrected chi connectivity index (χ3v) is 5.11. The van der Waals surface area contributed by atoms with E-state index in [2.05, 4.69) is 10.6 Å². The fraction of sp³-hybridized carbons (Fsp3) is 0.333. The van der Waals surface area contributed by atoms with Crippen molar-refractivity contribution in [2.75, 3.05) is 23.8 Å². The topological polar surface area (TPSA) is 76.7 Å². The zero-order valence-electron chi connectivity index (χ0n) is 18.9. The highest BCUT2D eigenvalue weighted by Crippen LogP contribution is 2.33. The van der Waals surface area contributed by atoms with Gasteiger partial charge in [0.05, 0.1) is 34.6 Å². The molecular formula is C24H27Cl3N2O4. The van der Waals surface area contributed by atoms with Crippen LogP contribution in [-0.2, 0) is 9.47 Å². The maximum atomic E-state index is 12.1. The lowest BCUT2D eigenvalue weighted by atomic mass is 9.98. The van der Waals surface area contributed by atoms with Gasteiger partial charge in [0.25, 0.3) is 0 Å². The smallest absolute Gasteiger partial charge is 0.411 e. The average Bonchev–Trinajstić information content (AvgIpc) is 2.75. The molecule has 0 aliphatic rings. The van der Waals surface area contributed by atoms with Crippen LogP contribution in [0.3, 0.4) is 0 Å². The quantitative estimate of drug-likeness (QED) is 0.374. The summed E-state index contributed by atoms with van der Waals surface area (Å²) < 4.78 is 10.3. The first-order chi connectivity index (χ1) is 15.6. The molecule has 0 unspecified atom stereocenters. The summed E-state index contributed by atoms with van der Waals surface area (Å²) in [6.07, 6.45) is -1.20. The first kappa shape index (κ1) is 26.8. The summed E-state index contributed by atoms with van der Waals surface area (Å²) in [6.45, 7) is 8.34. The minimum atomic E-state index is -0.600. The number of nitrogens with one attached hydrogen (secondary N) is 2. The first-order valence-electron chi connectivity index (χ1n) is 10.4. The van der Waals surface area contributed by atoms with Gasteiger partial charge in [-0.3, -0.25) is 10.6 Å². The van der Waals surface area contributed by atoms with Gasteiger partial charge in [0.15, 0.2) is 0 Å². The summed E-state index contributed by atoms with van der Waals surface area (Å²) in [7, 11) is 0. The molecule has 0 spiro atoms. The molecule has 2 N–H and O–H groups in total. The van der Waals surface area contributed by atoms with E-state index in [9.17, 15) is 9.59 Å². The zero-order valence-corrected chi connectivity index (χ0v) is 21.1. The largest absolute Gasteiger partial charge is 0.449 e. The molecule has 0 heterocycles. The van der Waals surface area contributed by atoms with Crippen molar-refractivity contribution in [1.82, 2.24) is 0 Å². The second-order valence-corrected chi connectivity index (χ2v) is 9.18. The van der Waals surface area contributed by atoms with Crippen LogP contribution in [0.15, 0.2) is 41.9 Å². The molecule has 9 heteroatoms. The highest BCUT2D eigenvalue weighted by atomic mass is 35.5. The number of halogens is 3. The predicted octanol–water partition coefficient (Wildman–Crippen LogP) is 8.03. The molecule has 0 bridgehead atoms. The van der Waals surface area contributed by atoms with Crippen molar-refractivity contribution in [3.63, 3.8) is 0 Å². The normalized spacial score (nSPS) is 10.7. The summed E-state index contributed by atoms with van der Waals surface area (Å²) in [5, 5.41) is 5.99. The number of ether oxygens (including phenoxy) is 2. The lowest BCUT2D eigenvalue weighted by Crippen LogP contribution is -2.17. The highest BCUT2D eigenvalue weighted by Gasteiger charge is 2.14. The number of carbonyl (C=O) groups is 2. The van der Waals surface area contributed by atoms with Crippen LogP contribution in [0.4, 0.5) is 21.0 Å². The molecule has 2 aromatic carbocycles. The van der Waals surface area contributed by atoms with Crippen molar-refractivity contribution in [1.29, 1.82) is 0 Å². The molecule has 0 aliphatic heterocycles. The van der Waals surface area contributed by atoms with Crippen molar-refractivity contribution in [3.05, 3.63) is 63.1 Å². The van der Waals surface area contributed by atoms with Crippen LogP contribution in [0.5, 0.6) is 0 Å². The van der Waals surface area contributed by atoms with Crippen LogP contribution in [0.25, 0.3) is 5.57 Å². The van der Waals surface area contributed by atoms with E-state index >= 15 is 0 Å². The SMILES string of the molecule is CC(C)COC(=O)Nc1cc(C(=CCl)c2ccc(Cl)c(NC(=O)OCC(C)C)c2)ccc1Cl. The summed E-state index contributed by atoms with van der Waals surface area (Å²) in [6, 6.07) is 10.2. The Morgan fingerprint density at radius 2 is 1.21 bits per heavy atom. The maximum Gasteiger partial charge on any atom is 0.411 e. The molecule has 178 valence electrons. The number of anilines is 2. The number of hydrogen-bond acceptors (Lipinski definition) is 4. The van der Waals surface area contributed by atoms with E-state index in [1.807, 2.05) is 27.7 Å². The van der Waals surface area contributed by atoms with Crippen molar-refractivity contribution >= 4 is 63.9 Å². The summed E-state index contributed by atoms with van der Waals surface area (Å²) in [4.78, 5) is 24.1. The van der Waals surface area contributed by atoms with Gasteiger partial charge in [-0.1, -0.05) is 74.6 Å². The van der Waals surface area contributed by atoms with Gasteiger partial charge in [0.1, 0.15) is 0 Å². The van der Waals surface area contributed by atoms with E-state index in [-0.39, 0.29) is 25.0 Å². The van der Waals surface area contributed by atoms with Crippen molar-refractivity contribution in [2.45, 2.75) is 27.7 Å². The van der Waals surface area contributed by atoms with Gasteiger partial charge in [-0.15, -0.1) is 0 Å². The molecule has 0 saturated heterocycles. The highest BCUT2D eigenvalue weighted by molar-refractivity contribution is 6.34. The van der Waals surface area contributed by atoms with Crippen LogP contribution >= 0.6 is 34.8 Å². The van der Waals surface area contributed by atoms with Gasteiger partial charge < -0.3 is 9.47 Å².